The second-order valence-corrected chi connectivity index (χ2v) is 8.89. The summed E-state index contributed by atoms with van der Waals surface area (Å²) in [6.45, 7) is 6.90. The molecule has 6 rings (SSSR count). The summed E-state index contributed by atoms with van der Waals surface area (Å²) in [5.41, 5.74) is 8.58. The van der Waals surface area contributed by atoms with Crippen LogP contribution in [0.3, 0.4) is 0 Å². The van der Waals surface area contributed by atoms with Crippen LogP contribution in [0.25, 0.3) is 22.2 Å². The van der Waals surface area contributed by atoms with Crippen molar-refractivity contribution in [3.63, 3.8) is 0 Å². The number of benzene rings is 3. The Hall–Kier alpha value is -3.13. The maximum atomic E-state index is 6.46. The van der Waals surface area contributed by atoms with Crippen LogP contribution >= 0.6 is 0 Å². The van der Waals surface area contributed by atoms with Gasteiger partial charge in [-0.15, -0.1) is 0 Å². The second-order valence-electron chi connectivity index (χ2n) is 8.89. The Labute approximate surface area is 171 Å². The lowest BCUT2D eigenvalue weighted by atomic mass is 9.73. The van der Waals surface area contributed by atoms with Crippen molar-refractivity contribution >= 4 is 10.9 Å². The molecule has 0 radical (unpaired) electrons. The van der Waals surface area contributed by atoms with E-state index in [4.69, 9.17) is 9.72 Å². The van der Waals surface area contributed by atoms with E-state index < -0.39 is 0 Å². The Balaban J connectivity index is 1.58. The summed E-state index contributed by atoms with van der Waals surface area (Å²) < 4.78 is 6.46. The van der Waals surface area contributed by atoms with Crippen molar-refractivity contribution < 1.29 is 4.74 Å². The molecule has 142 valence electrons. The maximum Gasteiger partial charge on any atom is 0.132 e. The topological polar surface area (TPSA) is 22.1 Å². The zero-order valence-corrected chi connectivity index (χ0v) is 16.9. The third-order valence-corrected chi connectivity index (χ3v) is 6.83. The summed E-state index contributed by atoms with van der Waals surface area (Å²) in [5.74, 6) is 1.36. The van der Waals surface area contributed by atoms with Crippen molar-refractivity contribution in [2.45, 2.75) is 38.2 Å². The first-order valence-corrected chi connectivity index (χ1v) is 10.3. The van der Waals surface area contributed by atoms with Crippen LogP contribution < -0.4 is 4.74 Å². The van der Waals surface area contributed by atoms with Gasteiger partial charge in [0.1, 0.15) is 11.9 Å². The molecule has 2 nitrogen and oxygen atoms in total. The van der Waals surface area contributed by atoms with Crippen molar-refractivity contribution in [3.05, 3.63) is 95.1 Å². The largest absolute Gasteiger partial charge is 0.485 e. The van der Waals surface area contributed by atoms with Gasteiger partial charge in [0.2, 0.25) is 0 Å². The lowest BCUT2D eigenvalue weighted by molar-refractivity contribution is 0.198. The predicted molar refractivity (Wildman–Crippen MR) is 117 cm³/mol. The van der Waals surface area contributed by atoms with Gasteiger partial charge in [-0.25, -0.2) is 4.98 Å². The van der Waals surface area contributed by atoms with E-state index in [0.29, 0.717) is 5.92 Å². The van der Waals surface area contributed by atoms with Crippen molar-refractivity contribution in [3.8, 4) is 17.0 Å². The Morgan fingerprint density at radius 1 is 0.862 bits per heavy atom. The van der Waals surface area contributed by atoms with Gasteiger partial charge in [0.15, 0.2) is 0 Å². The van der Waals surface area contributed by atoms with Crippen molar-refractivity contribution in [2.24, 2.45) is 0 Å². The molecule has 2 heterocycles. The van der Waals surface area contributed by atoms with Gasteiger partial charge in [0.25, 0.3) is 0 Å². The maximum absolute atomic E-state index is 6.46. The first kappa shape index (κ1) is 16.8. The lowest BCUT2D eigenvalue weighted by Gasteiger charge is -2.28. The number of aryl methyl sites for hydroxylation is 1. The monoisotopic (exact) mass is 377 g/mol. The fourth-order valence-corrected chi connectivity index (χ4v) is 5.61. The summed E-state index contributed by atoms with van der Waals surface area (Å²) in [6, 6.07) is 25.8. The Morgan fingerprint density at radius 2 is 1.62 bits per heavy atom. The molecule has 1 aliphatic heterocycles. The summed E-state index contributed by atoms with van der Waals surface area (Å²) in [7, 11) is 0. The highest BCUT2D eigenvalue weighted by molar-refractivity contribution is 5.86. The molecule has 0 N–H and O–H groups in total. The van der Waals surface area contributed by atoms with Gasteiger partial charge in [-0.2, -0.15) is 0 Å². The van der Waals surface area contributed by atoms with Crippen molar-refractivity contribution in [1.82, 2.24) is 4.98 Å². The normalized spacial score (nSPS) is 20.8. The average molecular weight is 377 g/mol. The first-order chi connectivity index (χ1) is 14.1. The third kappa shape index (κ3) is 2.20. The van der Waals surface area contributed by atoms with E-state index >= 15 is 0 Å². The van der Waals surface area contributed by atoms with Gasteiger partial charge in [0.05, 0.1) is 11.2 Å². The molecule has 3 aromatic carbocycles. The lowest BCUT2D eigenvalue weighted by Crippen LogP contribution is -2.23. The molecule has 2 atom stereocenters. The highest BCUT2D eigenvalue weighted by atomic mass is 16.5. The van der Waals surface area contributed by atoms with Crippen LogP contribution in [0.4, 0.5) is 0 Å². The molecule has 0 bridgehead atoms. The number of para-hydroxylation sites is 2. The highest BCUT2D eigenvalue weighted by Crippen LogP contribution is 2.62. The van der Waals surface area contributed by atoms with E-state index in [-0.39, 0.29) is 11.5 Å². The number of aromatic nitrogens is 1. The molecule has 2 heteroatoms. The Morgan fingerprint density at radius 3 is 2.52 bits per heavy atom. The highest BCUT2D eigenvalue weighted by Gasteiger charge is 2.53. The molecule has 2 aliphatic rings. The van der Waals surface area contributed by atoms with E-state index in [1.807, 2.05) is 0 Å². The molecule has 0 saturated carbocycles. The number of fused-ring (bicyclic) bond motifs is 6. The standard InChI is InChI=1S/C27H23NO/c1-16-15-22(28-21-13-6-4-9-17(16)21)18-11-8-12-20-24(18)27(2,3)25-19-10-5-7-14-23(19)29-26(20)25/h4-15,25-26H,1-3H3. The smallest absolute Gasteiger partial charge is 0.132 e. The summed E-state index contributed by atoms with van der Waals surface area (Å²) in [4.78, 5) is 5.05. The van der Waals surface area contributed by atoms with Gasteiger partial charge in [-0.3, -0.25) is 0 Å². The second kappa shape index (κ2) is 5.70. The summed E-state index contributed by atoms with van der Waals surface area (Å²) in [6.07, 6.45) is 0.0823. The summed E-state index contributed by atoms with van der Waals surface area (Å²) >= 11 is 0. The molecular weight excluding hydrogens is 354 g/mol. The van der Waals surface area contributed by atoms with Crippen LogP contribution in [0.1, 0.15) is 48.1 Å². The van der Waals surface area contributed by atoms with E-state index in [9.17, 15) is 0 Å². The average Bonchev–Trinajstić information content (AvgIpc) is 3.22. The minimum absolute atomic E-state index is 0.0373. The third-order valence-electron chi connectivity index (χ3n) is 6.83. The quantitative estimate of drug-likeness (QED) is 0.367. The fraction of sp³-hybridized carbons (Fsp3) is 0.222. The number of pyridine rings is 1. The molecule has 4 aromatic rings. The van der Waals surface area contributed by atoms with Gasteiger partial charge < -0.3 is 4.74 Å². The van der Waals surface area contributed by atoms with E-state index in [0.717, 1.165) is 17.0 Å². The van der Waals surface area contributed by atoms with Gasteiger partial charge in [-0.1, -0.05) is 68.4 Å². The van der Waals surface area contributed by atoms with Gasteiger partial charge in [0, 0.05) is 27.8 Å². The molecule has 0 spiro atoms. The van der Waals surface area contributed by atoms with Crippen molar-refractivity contribution in [2.75, 3.05) is 0 Å². The van der Waals surface area contributed by atoms with Crippen LogP contribution in [-0.4, -0.2) is 4.98 Å². The molecule has 2 unspecified atom stereocenters. The molecule has 1 aromatic heterocycles. The van der Waals surface area contributed by atoms with E-state index in [1.165, 1.54) is 33.2 Å². The minimum Gasteiger partial charge on any atom is -0.485 e. The van der Waals surface area contributed by atoms with Crippen LogP contribution in [0, 0.1) is 6.92 Å². The summed E-state index contributed by atoms with van der Waals surface area (Å²) in [5, 5.41) is 1.22. The number of hydrogen-bond donors (Lipinski definition) is 0. The Bertz CT molecular complexity index is 1290. The Kier molecular flexibility index (Phi) is 3.30. The minimum atomic E-state index is -0.0373. The van der Waals surface area contributed by atoms with Crippen LogP contribution in [0.15, 0.2) is 72.8 Å². The zero-order chi connectivity index (χ0) is 19.8. The van der Waals surface area contributed by atoms with E-state index in [2.05, 4.69) is 93.6 Å². The molecule has 29 heavy (non-hydrogen) atoms. The molecular formula is C27H23NO. The molecule has 0 amide bonds. The molecule has 0 saturated heterocycles. The SMILES string of the molecule is Cc1cc(-c2cccc3c2C(C)(C)C2c4ccccc4OC32)nc2ccccc12. The first-order valence-electron chi connectivity index (χ1n) is 10.3. The zero-order valence-electron chi connectivity index (χ0n) is 16.9. The number of rotatable bonds is 1. The van der Waals surface area contributed by atoms with Crippen LogP contribution in [0.5, 0.6) is 5.75 Å². The molecule has 0 fully saturated rings. The predicted octanol–water partition coefficient (Wildman–Crippen LogP) is 6.72. The number of hydrogen-bond acceptors (Lipinski definition) is 2. The van der Waals surface area contributed by atoms with E-state index in [1.54, 1.807) is 0 Å². The van der Waals surface area contributed by atoms with Crippen LogP contribution in [0.2, 0.25) is 0 Å². The van der Waals surface area contributed by atoms with Gasteiger partial charge in [-0.05, 0) is 41.8 Å². The van der Waals surface area contributed by atoms with Crippen molar-refractivity contribution in [1.29, 1.82) is 0 Å². The number of ether oxygens (including phenoxy) is 1. The van der Waals surface area contributed by atoms with Gasteiger partial charge >= 0.3 is 0 Å². The van der Waals surface area contributed by atoms with Crippen LogP contribution in [-0.2, 0) is 5.41 Å². The molecule has 1 aliphatic carbocycles. The fourth-order valence-electron chi connectivity index (χ4n) is 5.61. The number of nitrogens with zero attached hydrogens (tertiary/aromatic N) is 1.